The summed E-state index contributed by atoms with van der Waals surface area (Å²) in [5.74, 6) is 0.0552. The molecule has 8 nitrogen and oxygen atoms in total. The molecule has 6 aromatic heterocycles. The maximum atomic E-state index is 16.1. The number of piperidine rings is 1. The molecular formula is C27H23FN8S. The van der Waals surface area contributed by atoms with Crippen LogP contribution in [0.5, 0.6) is 0 Å². The van der Waals surface area contributed by atoms with Crippen LogP contribution in [0, 0.1) is 5.82 Å². The van der Waals surface area contributed by atoms with Gasteiger partial charge in [-0.3, -0.25) is 15.0 Å². The van der Waals surface area contributed by atoms with Gasteiger partial charge in [0.2, 0.25) is 0 Å². The molecule has 0 spiro atoms. The Hall–Kier alpha value is -4.02. The van der Waals surface area contributed by atoms with E-state index in [2.05, 4.69) is 51.5 Å². The zero-order valence-electron chi connectivity index (χ0n) is 19.9. The quantitative estimate of drug-likeness (QED) is 0.304. The molecule has 0 saturated carbocycles. The number of halogens is 1. The second kappa shape index (κ2) is 9.13. The standard InChI is InChI=1S/C27H23FN8S/c28-22-20(18-10-16(11-29-12-18)14-36-7-2-1-3-8-36)13-31-25-21(22)24(34-35-25)27-32-23-19(17-5-9-37-15-17)4-6-30-26(23)33-27/h4-6,9-13,15H,1-3,7-8,14H2,(H,30,32,33)(H,31,34,35). The number of hydrogen-bond donors (Lipinski definition) is 2. The summed E-state index contributed by atoms with van der Waals surface area (Å²) in [5, 5.41) is 11.6. The third kappa shape index (κ3) is 3.98. The van der Waals surface area contributed by atoms with Gasteiger partial charge in [0.05, 0.1) is 10.9 Å². The molecule has 0 aromatic carbocycles. The number of imidazole rings is 1. The van der Waals surface area contributed by atoms with Gasteiger partial charge in [0.1, 0.15) is 11.5 Å². The van der Waals surface area contributed by atoms with E-state index in [0.29, 0.717) is 33.9 Å². The molecule has 10 heteroatoms. The van der Waals surface area contributed by atoms with E-state index in [0.717, 1.165) is 41.8 Å². The summed E-state index contributed by atoms with van der Waals surface area (Å²) < 4.78 is 16.1. The van der Waals surface area contributed by atoms with E-state index >= 15 is 4.39 Å². The number of aromatic nitrogens is 7. The summed E-state index contributed by atoms with van der Waals surface area (Å²) in [6.45, 7) is 2.99. The van der Waals surface area contributed by atoms with Crippen molar-refractivity contribution < 1.29 is 4.39 Å². The van der Waals surface area contributed by atoms with E-state index in [1.54, 1.807) is 23.7 Å². The van der Waals surface area contributed by atoms with Crippen LogP contribution in [-0.2, 0) is 6.54 Å². The molecule has 0 amide bonds. The zero-order chi connectivity index (χ0) is 24.8. The largest absolute Gasteiger partial charge is 0.335 e. The van der Waals surface area contributed by atoms with Crippen molar-refractivity contribution in [2.24, 2.45) is 0 Å². The minimum absolute atomic E-state index is 0.287. The SMILES string of the molecule is Fc1c(-c2cncc(CN3CCCCC3)c2)cnc2n[nH]c(-c3nc4nccc(-c5ccsc5)c4[nH]3)c12. The Kier molecular flexibility index (Phi) is 5.48. The van der Waals surface area contributed by atoms with E-state index in [1.807, 2.05) is 23.7 Å². The highest BCUT2D eigenvalue weighted by Crippen LogP contribution is 2.34. The molecule has 0 unspecified atom stereocenters. The molecule has 184 valence electrons. The van der Waals surface area contributed by atoms with Crippen LogP contribution in [0.1, 0.15) is 24.8 Å². The number of H-pyrrole nitrogens is 2. The monoisotopic (exact) mass is 510 g/mol. The topological polar surface area (TPSA) is 99.3 Å². The molecule has 2 N–H and O–H groups in total. The van der Waals surface area contributed by atoms with Crippen molar-refractivity contribution >= 4 is 33.5 Å². The first-order valence-corrected chi connectivity index (χ1v) is 13.3. The second-order valence-corrected chi connectivity index (χ2v) is 10.1. The first-order chi connectivity index (χ1) is 18.2. The van der Waals surface area contributed by atoms with Gasteiger partial charge in [-0.05, 0) is 66.0 Å². The second-order valence-electron chi connectivity index (χ2n) is 9.36. The first-order valence-electron chi connectivity index (χ1n) is 12.3. The molecule has 0 aliphatic carbocycles. The van der Waals surface area contributed by atoms with Gasteiger partial charge >= 0.3 is 0 Å². The summed E-state index contributed by atoms with van der Waals surface area (Å²) >= 11 is 1.62. The highest BCUT2D eigenvalue weighted by Gasteiger charge is 2.21. The van der Waals surface area contributed by atoms with Crippen LogP contribution >= 0.6 is 11.3 Å². The lowest BCUT2D eigenvalue weighted by Crippen LogP contribution is -2.29. The van der Waals surface area contributed by atoms with Crippen molar-refractivity contribution in [3.05, 3.63) is 65.1 Å². The van der Waals surface area contributed by atoms with E-state index in [-0.39, 0.29) is 5.39 Å². The number of pyridine rings is 3. The van der Waals surface area contributed by atoms with Crippen LogP contribution in [0.15, 0.2) is 53.7 Å². The number of rotatable bonds is 5. The van der Waals surface area contributed by atoms with Gasteiger partial charge in [0.15, 0.2) is 17.1 Å². The Labute approximate surface area is 215 Å². The summed E-state index contributed by atoms with van der Waals surface area (Å²) in [5.41, 5.74) is 6.29. The van der Waals surface area contributed by atoms with E-state index < -0.39 is 5.82 Å². The third-order valence-electron chi connectivity index (χ3n) is 6.94. The lowest BCUT2D eigenvalue weighted by atomic mass is 10.0. The number of thiophene rings is 1. The van der Waals surface area contributed by atoms with Crippen molar-refractivity contribution in [2.75, 3.05) is 13.1 Å². The minimum atomic E-state index is -0.405. The van der Waals surface area contributed by atoms with Crippen molar-refractivity contribution in [3.63, 3.8) is 0 Å². The molecule has 6 aromatic rings. The smallest absolute Gasteiger partial charge is 0.184 e. The molecule has 1 aliphatic rings. The van der Waals surface area contributed by atoms with E-state index in [9.17, 15) is 0 Å². The number of aromatic amines is 2. The molecular weight excluding hydrogens is 487 g/mol. The Bertz CT molecular complexity index is 1720. The highest BCUT2D eigenvalue weighted by atomic mass is 32.1. The van der Waals surface area contributed by atoms with Crippen LogP contribution < -0.4 is 0 Å². The first kappa shape index (κ1) is 22.2. The predicted molar refractivity (Wildman–Crippen MR) is 142 cm³/mol. The van der Waals surface area contributed by atoms with Crippen molar-refractivity contribution in [3.8, 4) is 33.8 Å². The van der Waals surface area contributed by atoms with Gasteiger partial charge in [-0.2, -0.15) is 16.4 Å². The fraction of sp³-hybridized carbons (Fsp3) is 0.222. The average molecular weight is 511 g/mol. The number of nitrogens with zero attached hydrogens (tertiary/aromatic N) is 6. The summed E-state index contributed by atoms with van der Waals surface area (Å²) in [7, 11) is 0. The fourth-order valence-corrected chi connectivity index (χ4v) is 5.76. The normalized spacial score (nSPS) is 14.6. The van der Waals surface area contributed by atoms with Crippen LogP contribution in [0.3, 0.4) is 0 Å². The summed E-state index contributed by atoms with van der Waals surface area (Å²) in [6.07, 6.45) is 10.5. The van der Waals surface area contributed by atoms with Crippen molar-refractivity contribution in [2.45, 2.75) is 25.8 Å². The third-order valence-corrected chi connectivity index (χ3v) is 7.62. The fourth-order valence-electron chi connectivity index (χ4n) is 5.11. The van der Waals surface area contributed by atoms with Crippen LogP contribution in [0.4, 0.5) is 4.39 Å². The van der Waals surface area contributed by atoms with Gasteiger partial charge in [0.25, 0.3) is 0 Å². The highest BCUT2D eigenvalue weighted by molar-refractivity contribution is 7.08. The molecule has 0 bridgehead atoms. The number of nitrogens with one attached hydrogen (secondary N) is 2. The molecule has 0 radical (unpaired) electrons. The van der Waals surface area contributed by atoms with Gasteiger partial charge in [-0.15, -0.1) is 0 Å². The van der Waals surface area contributed by atoms with E-state index in [4.69, 9.17) is 0 Å². The Morgan fingerprint density at radius 3 is 2.76 bits per heavy atom. The molecule has 1 saturated heterocycles. The van der Waals surface area contributed by atoms with Gasteiger partial charge in [-0.25, -0.2) is 19.3 Å². The van der Waals surface area contributed by atoms with E-state index in [1.165, 1.54) is 25.5 Å². The van der Waals surface area contributed by atoms with Gasteiger partial charge in [0, 0.05) is 48.0 Å². The number of likely N-dealkylation sites (tertiary alicyclic amines) is 1. The molecule has 7 heterocycles. The summed E-state index contributed by atoms with van der Waals surface area (Å²) in [4.78, 5) is 23.7. The molecule has 7 rings (SSSR count). The Morgan fingerprint density at radius 1 is 0.973 bits per heavy atom. The molecule has 1 aliphatic heterocycles. The van der Waals surface area contributed by atoms with Crippen molar-refractivity contribution in [1.29, 1.82) is 0 Å². The lowest BCUT2D eigenvalue weighted by Gasteiger charge is -2.26. The van der Waals surface area contributed by atoms with Crippen LogP contribution in [0.25, 0.3) is 56.0 Å². The predicted octanol–water partition coefficient (Wildman–Crippen LogP) is 5.81. The molecule has 1 fully saturated rings. The van der Waals surface area contributed by atoms with Gasteiger partial charge < -0.3 is 4.98 Å². The molecule has 37 heavy (non-hydrogen) atoms. The van der Waals surface area contributed by atoms with Crippen molar-refractivity contribution in [1.82, 2.24) is 40.0 Å². The van der Waals surface area contributed by atoms with Crippen LogP contribution in [-0.4, -0.2) is 53.1 Å². The average Bonchev–Trinajstić information content (AvgIpc) is 3.69. The maximum absolute atomic E-state index is 16.1. The summed E-state index contributed by atoms with van der Waals surface area (Å²) in [6, 6.07) is 6.00. The number of fused-ring (bicyclic) bond motifs is 2. The molecule has 0 atom stereocenters. The number of hydrogen-bond acceptors (Lipinski definition) is 7. The lowest BCUT2D eigenvalue weighted by molar-refractivity contribution is 0.220. The Morgan fingerprint density at radius 2 is 1.89 bits per heavy atom. The zero-order valence-corrected chi connectivity index (χ0v) is 20.7. The van der Waals surface area contributed by atoms with Gasteiger partial charge in [-0.1, -0.05) is 6.42 Å². The Balaban J connectivity index is 1.30. The minimum Gasteiger partial charge on any atom is -0.335 e. The van der Waals surface area contributed by atoms with Crippen LogP contribution in [0.2, 0.25) is 0 Å². The maximum Gasteiger partial charge on any atom is 0.184 e.